The summed E-state index contributed by atoms with van der Waals surface area (Å²) >= 11 is 0. The Hall–Kier alpha value is -0.120. The smallest absolute Gasteiger partial charge is 0.0606 e. The molecule has 0 amide bonds. The Morgan fingerprint density at radius 1 is 0.875 bits per heavy atom. The molecule has 3 heteroatoms. The second-order valence-corrected chi connectivity index (χ2v) is 5.55. The molecule has 94 valence electrons. The predicted molar refractivity (Wildman–Crippen MR) is 62.2 cm³/mol. The molecule has 0 aromatic carbocycles. The van der Waals surface area contributed by atoms with Crippen molar-refractivity contribution in [1.29, 1.82) is 0 Å². The molecule has 0 aliphatic heterocycles. The van der Waals surface area contributed by atoms with Gasteiger partial charge in [-0.25, -0.2) is 0 Å². The van der Waals surface area contributed by atoms with E-state index in [4.69, 9.17) is 4.74 Å². The fourth-order valence-electron chi connectivity index (χ4n) is 2.97. The third-order valence-corrected chi connectivity index (χ3v) is 4.07. The first-order chi connectivity index (χ1) is 7.65. The van der Waals surface area contributed by atoms with Crippen LogP contribution in [0.25, 0.3) is 0 Å². The van der Waals surface area contributed by atoms with Crippen molar-refractivity contribution >= 4 is 0 Å². The highest BCUT2D eigenvalue weighted by atomic mass is 16.5. The highest BCUT2D eigenvalue weighted by Crippen LogP contribution is 2.30. The summed E-state index contributed by atoms with van der Waals surface area (Å²) in [4.78, 5) is 0. The third-order valence-electron chi connectivity index (χ3n) is 4.07. The largest absolute Gasteiger partial charge is 0.393 e. The van der Waals surface area contributed by atoms with E-state index < -0.39 is 0 Å². The first-order valence-electron chi connectivity index (χ1n) is 6.66. The number of rotatable bonds is 2. The molecular weight excluding hydrogens is 204 g/mol. The zero-order chi connectivity index (χ0) is 11.5. The van der Waals surface area contributed by atoms with Crippen molar-refractivity contribution in [3.8, 4) is 0 Å². The van der Waals surface area contributed by atoms with Crippen molar-refractivity contribution in [3.05, 3.63) is 0 Å². The van der Waals surface area contributed by atoms with Crippen LogP contribution in [0.1, 0.15) is 51.9 Å². The fraction of sp³-hybridized carbons (Fsp3) is 1.00. The van der Waals surface area contributed by atoms with Gasteiger partial charge in [0.15, 0.2) is 0 Å². The minimum Gasteiger partial charge on any atom is -0.393 e. The second-order valence-electron chi connectivity index (χ2n) is 5.55. The van der Waals surface area contributed by atoms with Gasteiger partial charge in [0, 0.05) is 0 Å². The van der Waals surface area contributed by atoms with E-state index in [1.54, 1.807) is 0 Å². The van der Waals surface area contributed by atoms with Crippen molar-refractivity contribution in [2.24, 2.45) is 5.92 Å². The van der Waals surface area contributed by atoms with Gasteiger partial charge in [0.1, 0.15) is 0 Å². The molecule has 0 saturated heterocycles. The van der Waals surface area contributed by atoms with Gasteiger partial charge < -0.3 is 14.9 Å². The molecule has 3 nitrogen and oxygen atoms in total. The van der Waals surface area contributed by atoms with Gasteiger partial charge in [-0.2, -0.15) is 0 Å². The topological polar surface area (TPSA) is 49.7 Å². The Morgan fingerprint density at radius 2 is 1.50 bits per heavy atom. The van der Waals surface area contributed by atoms with Crippen LogP contribution in [0, 0.1) is 5.92 Å². The van der Waals surface area contributed by atoms with Gasteiger partial charge in [0.25, 0.3) is 0 Å². The summed E-state index contributed by atoms with van der Waals surface area (Å²) in [5.41, 5.74) is 0. The monoisotopic (exact) mass is 228 g/mol. The van der Waals surface area contributed by atoms with Gasteiger partial charge >= 0.3 is 0 Å². The molecule has 0 bridgehead atoms. The van der Waals surface area contributed by atoms with Gasteiger partial charge in [-0.3, -0.25) is 0 Å². The molecule has 2 saturated carbocycles. The van der Waals surface area contributed by atoms with Crippen LogP contribution < -0.4 is 0 Å². The van der Waals surface area contributed by atoms with E-state index in [2.05, 4.69) is 6.92 Å². The SMILES string of the molecule is CC1CC(O)CCC1OC1CCC(O)CC1. The van der Waals surface area contributed by atoms with E-state index in [1.165, 1.54) is 0 Å². The van der Waals surface area contributed by atoms with Crippen molar-refractivity contribution in [2.75, 3.05) is 0 Å². The van der Waals surface area contributed by atoms with Crippen LogP contribution in [-0.2, 0) is 4.74 Å². The van der Waals surface area contributed by atoms with E-state index in [0.717, 1.165) is 44.9 Å². The lowest BCUT2D eigenvalue weighted by Gasteiger charge is -2.36. The van der Waals surface area contributed by atoms with E-state index in [0.29, 0.717) is 18.1 Å². The number of hydrogen-bond acceptors (Lipinski definition) is 3. The molecular formula is C13H24O3. The minimum atomic E-state index is -0.122. The maximum atomic E-state index is 9.55. The molecule has 0 radical (unpaired) electrons. The molecule has 0 aromatic heterocycles. The summed E-state index contributed by atoms with van der Waals surface area (Å²) < 4.78 is 6.12. The molecule has 2 aliphatic rings. The highest BCUT2D eigenvalue weighted by Gasteiger charge is 2.30. The highest BCUT2D eigenvalue weighted by molar-refractivity contribution is 4.80. The maximum Gasteiger partial charge on any atom is 0.0606 e. The van der Waals surface area contributed by atoms with Crippen molar-refractivity contribution in [3.63, 3.8) is 0 Å². The van der Waals surface area contributed by atoms with Gasteiger partial charge in [0.05, 0.1) is 24.4 Å². The van der Waals surface area contributed by atoms with E-state index in [9.17, 15) is 10.2 Å². The van der Waals surface area contributed by atoms with Crippen LogP contribution in [0.5, 0.6) is 0 Å². The lowest BCUT2D eigenvalue weighted by atomic mass is 9.85. The summed E-state index contributed by atoms with van der Waals surface area (Å²) in [7, 11) is 0. The van der Waals surface area contributed by atoms with Crippen molar-refractivity contribution < 1.29 is 14.9 Å². The van der Waals surface area contributed by atoms with Crippen molar-refractivity contribution in [1.82, 2.24) is 0 Å². The summed E-state index contributed by atoms with van der Waals surface area (Å²) in [5, 5.41) is 19.0. The molecule has 3 unspecified atom stereocenters. The van der Waals surface area contributed by atoms with Gasteiger partial charge in [0.2, 0.25) is 0 Å². The zero-order valence-corrected chi connectivity index (χ0v) is 10.1. The third kappa shape index (κ3) is 3.19. The Labute approximate surface area is 97.8 Å². The lowest BCUT2D eigenvalue weighted by Crippen LogP contribution is -2.36. The quantitative estimate of drug-likeness (QED) is 0.758. The van der Waals surface area contributed by atoms with Gasteiger partial charge in [-0.1, -0.05) is 6.92 Å². The molecule has 0 aromatic rings. The normalized spacial score (nSPS) is 45.6. The maximum absolute atomic E-state index is 9.55. The number of ether oxygens (including phenoxy) is 1. The molecule has 3 atom stereocenters. The van der Waals surface area contributed by atoms with Crippen molar-refractivity contribution in [2.45, 2.75) is 76.3 Å². The Balaban J connectivity index is 1.76. The van der Waals surface area contributed by atoms with Crippen LogP contribution >= 0.6 is 0 Å². The molecule has 2 rings (SSSR count). The van der Waals surface area contributed by atoms with Crippen LogP contribution in [-0.4, -0.2) is 34.6 Å². The Kier molecular flexibility index (Phi) is 4.22. The van der Waals surface area contributed by atoms with Crippen LogP contribution in [0.4, 0.5) is 0 Å². The molecule has 2 N–H and O–H groups in total. The number of aliphatic hydroxyl groups is 2. The predicted octanol–water partition coefficient (Wildman–Crippen LogP) is 1.86. The Morgan fingerprint density at radius 3 is 2.12 bits per heavy atom. The van der Waals surface area contributed by atoms with E-state index in [1.807, 2.05) is 0 Å². The lowest BCUT2D eigenvalue weighted by molar-refractivity contribution is -0.0945. The minimum absolute atomic E-state index is 0.106. The average Bonchev–Trinajstić information content (AvgIpc) is 2.25. The molecule has 2 fully saturated rings. The van der Waals surface area contributed by atoms with E-state index >= 15 is 0 Å². The van der Waals surface area contributed by atoms with Crippen LogP contribution in [0.2, 0.25) is 0 Å². The van der Waals surface area contributed by atoms with Gasteiger partial charge in [-0.05, 0) is 50.9 Å². The standard InChI is InChI=1S/C13H24O3/c1-9-8-11(15)4-7-13(9)16-12-5-2-10(14)3-6-12/h9-15H,2-8H2,1H3. The fourth-order valence-corrected chi connectivity index (χ4v) is 2.97. The zero-order valence-electron chi connectivity index (χ0n) is 10.1. The first-order valence-corrected chi connectivity index (χ1v) is 6.66. The summed E-state index contributed by atoms with van der Waals surface area (Å²) in [6.45, 7) is 2.17. The van der Waals surface area contributed by atoms with Gasteiger partial charge in [-0.15, -0.1) is 0 Å². The summed E-state index contributed by atoms with van der Waals surface area (Å²) in [5.74, 6) is 0.468. The second kappa shape index (κ2) is 5.48. The molecule has 0 spiro atoms. The van der Waals surface area contributed by atoms with E-state index in [-0.39, 0.29) is 12.2 Å². The molecule has 16 heavy (non-hydrogen) atoms. The number of aliphatic hydroxyl groups excluding tert-OH is 2. The number of hydrogen-bond donors (Lipinski definition) is 2. The molecule has 0 heterocycles. The Bertz CT molecular complexity index is 211. The molecule has 2 aliphatic carbocycles. The summed E-state index contributed by atoms with van der Waals surface area (Å²) in [6, 6.07) is 0. The average molecular weight is 228 g/mol. The first kappa shape index (κ1) is 12.3. The van der Waals surface area contributed by atoms with Crippen LogP contribution in [0.3, 0.4) is 0 Å². The summed E-state index contributed by atoms with van der Waals surface area (Å²) in [6.07, 6.45) is 6.93. The van der Waals surface area contributed by atoms with Crippen LogP contribution in [0.15, 0.2) is 0 Å².